The van der Waals surface area contributed by atoms with Gasteiger partial charge in [0.25, 0.3) is 0 Å². The smallest absolute Gasteiger partial charge is 0.0306 e. The third-order valence-electron chi connectivity index (χ3n) is 2.96. The number of likely N-dealkylation sites (N-methyl/N-ethyl adjacent to an activating group) is 1. The van der Waals surface area contributed by atoms with E-state index in [1.165, 1.54) is 38.6 Å². The molecule has 0 radical (unpaired) electrons. The highest BCUT2D eigenvalue weighted by Gasteiger charge is 2.43. The third-order valence-corrected chi connectivity index (χ3v) is 2.96. The minimum absolute atomic E-state index is 0.591. The van der Waals surface area contributed by atoms with Crippen molar-refractivity contribution in [1.29, 1.82) is 0 Å². The summed E-state index contributed by atoms with van der Waals surface area (Å²) in [5.41, 5.74) is 0.591. The van der Waals surface area contributed by atoms with E-state index in [1.54, 1.807) is 0 Å². The molecule has 0 aromatic heterocycles. The monoisotopic (exact) mass is 155 g/mol. The molecule has 1 aliphatic heterocycles. The minimum atomic E-state index is 0.591. The summed E-state index contributed by atoms with van der Waals surface area (Å²) in [5.74, 6) is 0. The molecule has 0 amide bonds. The summed E-state index contributed by atoms with van der Waals surface area (Å²) in [6.07, 6.45) is 7.03. The lowest BCUT2D eigenvalue weighted by molar-refractivity contribution is 0.443. The Labute approximate surface area is 70.8 Å². The van der Waals surface area contributed by atoms with Gasteiger partial charge in [0.05, 0.1) is 0 Å². The SMILES string of the molecule is CCCCCCC1(C)CN1C. The van der Waals surface area contributed by atoms with Gasteiger partial charge in [-0.15, -0.1) is 0 Å². The van der Waals surface area contributed by atoms with Crippen molar-refractivity contribution in [1.82, 2.24) is 4.90 Å². The summed E-state index contributed by atoms with van der Waals surface area (Å²) < 4.78 is 0. The maximum absolute atomic E-state index is 2.44. The van der Waals surface area contributed by atoms with Crippen LogP contribution in [0, 0.1) is 0 Å². The molecule has 11 heavy (non-hydrogen) atoms. The van der Waals surface area contributed by atoms with Crippen molar-refractivity contribution in [2.45, 2.75) is 51.5 Å². The number of rotatable bonds is 5. The fraction of sp³-hybridized carbons (Fsp3) is 1.00. The van der Waals surface area contributed by atoms with E-state index in [2.05, 4.69) is 25.8 Å². The lowest BCUT2D eigenvalue weighted by atomic mass is 10.0. The van der Waals surface area contributed by atoms with Gasteiger partial charge in [-0.2, -0.15) is 0 Å². The first-order valence-electron chi connectivity index (χ1n) is 4.90. The van der Waals surface area contributed by atoms with E-state index in [1.807, 2.05) is 0 Å². The van der Waals surface area contributed by atoms with Gasteiger partial charge in [0.15, 0.2) is 0 Å². The Morgan fingerprint density at radius 3 is 2.36 bits per heavy atom. The van der Waals surface area contributed by atoms with Crippen molar-refractivity contribution in [3.63, 3.8) is 0 Å². The Kier molecular flexibility index (Phi) is 2.94. The van der Waals surface area contributed by atoms with Crippen molar-refractivity contribution in [2.24, 2.45) is 0 Å². The molecule has 0 aromatic carbocycles. The Bertz CT molecular complexity index is 122. The lowest BCUT2D eigenvalue weighted by Crippen LogP contribution is -2.10. The molecule has 1 saturated heterocycles. The first-order valence-corrected chi connectivity index (χ1v) is 4.90. The van der Waals surface area contributed by atoms with Gasteiger partial charge in [-0.05, 0) is 20.4 Å². The van der Waals surface area contributed by atoms with Crippen LogP contribution in [0.3, 0.4) is 0 Å². The zero-order valence-corrected chi connectivity index (χ0v) is 8.19. The summed E-state index contributed by atoms with van der Waals surface area (Å²) in [6.45, 7) is 5.96. The lowest BCUT2D eigenvalue weighted by Gasteiger charge is -2.08. The highest BCUT2D eigenvalue weighted by atomic mass is 15.3. The fourth-order valence-corrected chi connectivity index (χ4v) is 1.68. The average molecular weight is 155 g/mol. The molecule has 1 aliphatic rings. The summed E-state index contributed by atoms with van der Waals surface area (Å²) in [6, 6.07) is 0. The van der Waals surface area contributed by atoms with Crippen molar-refractivity contribution in [3.8, 4) is 0 Å². The Balaban J connectivity index is 1.96. The van der Waals surface area contributed by atoms with E-state index in [-0.39, 0.29) is 0 Å². The van der Waals surface area contributed by atoms with Crippen LogP contribution in [0.25, 0.3) is 0 Å². The molecular weight excluding hydrogens is 134 g/mol. The van der Waals surface area contributed by atoms with Crippen LogP contribution >= 0.6 is 0 Å². The van der Waals surface area contributed by atoms with Gasteiger partial charge in [0, 0.05) is 12.1 Å². The Morgan fingerprint density at radius 2 is 1.91 bits per heavy atom. The van der Waals surface area contributed by atoms with E-state index in [4.69, 9.17) is 0 Å². The van der Waals surface area contributed by atoms with Crippen LogP contribution in [-0.2, 0) is 0 Å². The maximum atomic E-state index is 2.44. The minimum Gasteiger partial charge on any atom is -0.298 e. The summed E-state index contributed by atoms with van der Waals surface area (Å²) in [4.78, 5) is 2.44. The molecule has 1 heterocycles. The predicted molar refractivity (Wildman–Crippen MR) is 49.8 cm³/mol. The standard InChI is InChI=1S/C10H21N/c1-4-5-6-7-8-10(2)9-11(10)3/h4-9H2,1-3H3. The topological polar surface area (TPSA) is 3.01 Å². The van der Waals surface area contributed by atoms with Crippen LogP contribution in [0.5, 0.6) is 0 Å². The molecule has 1 fully saturated rings. The van der Waals surface area contributed by atoms with Crippen LogP contribution in [0.15, 0.2) is 0 Å². The third kappa shape index (κ3) is 2.48. The summed E-state index contributed by atoms with van der Waals surface area (Å²) in [7, 11) is 2.22. The zero-order chi connectivity index (χ0) is 8.32. The molecule has 2 unspecified atom stereocenters. The van der Waals surface area contributed by atoms with Gasteiger partial charge < -0.3 is 0 Å². The fourth-order valence-electron chi connectivity index (χ4n) is 1.68. The van der Waals surface area contributed by atoms with Crippen LogP contribution < -0.4 is 0 Å². The first-order chi connectivity index (χ1) is 5.19. The van der Waals surface area contributed by atoms with E-state index in [0.717, 1.165) is 0 Å². The van der Waals surface area contributed by atoms with Crippen molar-refractivity contribution in [3.05, 3.63) is 0 Å². The van der Waals surface area contributed by atoms with Gasteiger partial charge in [-0.25, -0.2) is 0 Å². The molecule has 2 atom stereocenters. The Morgan fingerprint density at radius 1 is 1.27 bits per heavy atom. The summed E-state index contributed by atoms with van der Waals surface area (Å²) >= 11 is 0. The predicted octanol–water partition coefficient (Wildman–Crippen LogP) is 2.66. The molecule has 0 spiro atoms. The molecule has 1 rings (SSSR count). The van der Waals surface area contributed by atoms with Crippen LogP contribution in [-0.4, -0.2) is 24.0 Å². The van der Waals surface area contributed by atoms with Crippen LogP contribution in [0.2, 0.25) is 0 Å². The second-order valence-electron chi connectivity index (χ2n) is 4.16. The first kappa shape index (κ1) is 9.05. The van der Waals surface area contributed by atoms with Crippen molar-refractivity contribution >= 4 is 0 Å². The second-order valence-corrected chi connectivity index (χ2v) is 4.16. The van der Waals surface area contributed by atoms with Crippen LogP contribution in [0.4, 0.5) is 0 Å². The van der Waals surface area contributed by atoms with Gasteiger partial charge in [0.2, 0.25) is 0 Å². The van der Waals surface area contributed by atoms with Gasteiger partial charge >= 0.3 is 0 Å². The van der Waals surface area contributed by atoms with Gasteiger partial charge in [-0.3, -0.25) is 4.90 Å². The number of nitrogens with zero attached hydrogens (tertiary/aromatic N) is 1. The highest BCUT2D eigenvalue weighted by Crippen LogP contribution is 2.34. The highest BCUT2D eigenvalue weighted by molar-refractivity contribution is 5.00. The summed E-state index contributed by atoms with van der Waals surface area (Å²) in [5, 5.41) is 0. The van der Waals surface area contributed by atoms with Crippen molar-refractivity contribution < 1.29 is 0 Å². The molecule has 0 saturated carbocycles. The van der Waals surface area contributed by atoms with E-state index >= 15 is 0 Å². The molecular formula is C10H21N. The van der Waals surface area contributed by atoms with E-state index < -0.39 is 0 Å². The zero-order valence-electron chi connectivity index (χ0n) is 8.19. The quantitative estimate of drug-likeness (QED) is 0.436. The molecule has 0 bridgehead atoms. The average Bonchev–Trinajstić information content (AvgIpc) is 2.54. The molecule has 0 aromatic rings. The molecule has 1 nitrogen and oxygen atoms in total. The number of unbranched alkanes of at least 4 members (excludes halogenated alkanes) is 3. The normalized spacial score (nSPS) is 35.7. The second kappa shape index (κ2) is 3.57. The largest absolute Gasteiger partial charge is 0.298 e. The molecule has 66 valence electrons. The van der Waals surface area contributed by atoms with Crippen molar-refractivity contribution in [2.75, 3.05) is 13.6 Å². The number of hydrogen-bond acceptors (Lipinski definition) is 1. The van der Waals surface area contributed by atoms with E-state index in [9.17, 15) is 0 Å². The van der Waals surface area contributed by atoms with Crippen LogP contribution in [0.1, 0.15) is 46.0 Å². The van der Waals surface area contributed by atoms with E-state index in [0.29, 0.717) is 5.54 Å². The van der Waals surface area contributed by atoms with Gasteiger partial charge in [0.1, 0.15) is 0 Å². The number of hydrogen-bond donors (Lipinski definition) is 0. The Hall–Kier alpha value is -0.0400. The maximum Gasteiger partial charge on any atom is 0.0306 e. The molecule has 0 N–H and O–H groups in total. The van der Waals surface area contributed by atoms with Gasteiger partial charge in [-0.1, -0.05) is 32.6 Å². The molecule has 1 heteroatoms. The molecule has 0 aliphatic carbocycles.